The Hall–Kier alpha value is -4.37. The van der Waals surface area contributed by atoms with E-state index in [1.165, 1.54) is 0 Å². The van der Waals surface area contributed by atoms with Gasteiger partial charge in [0.2, 0.25) is 17.7 Å². The van der Waals surface area contributed by atoms with Crippen molar-refractivity contribution in [3.05, 3.63) is 95.6 Å². The van der Waals surface area contributed by atoms with Gasteiger partial charge in [0, 0.05) is 58.8 Å². The number of rotatable bonds is 18. The molecule has 1 aliphatic rings. The highest BCUT2D eigenvalue weighted by molar-refractivity contribution is 5.90. The maximum atomic E-state index is 14.0. The predicted octanol–water partition coefficient (Wildman–Crippen LogP) is 5.03. The maximum Gasteiger partial charge on any atom is 0.242 e. The first-order valence-electron chi connectivity index (χ1n) is 17.2. The van der Waals surface area contributed by atoms with Crippen molar-refractivity contribution < 1.29 is 19.1 Å². The van der Waals surface area contributed by atoms with E-state index in [1.54, 1.807) is 0 Å². The van der Waals surface area contributed by atoms with E-state index in [9.17, 15) is 14.4 Å². The first kappa shape index (κ1) is 36.5. The minimum absolute atomic E-state index is 0.165. The third-order valence-corrected chi connectivity index (χ3v) is 8.73. The topological polar surface area (TPSA) is 94.2 Å². The highest BCUT2D eigenvalue weighted by atomic mass is 16.5. The Morgan fingerprint density at radius 1 is 0.875 bits per heavy atom. The first-order chi connectivity index (χ1) is 23.1. The number of anilines is 1. The summed E-state index contributed by atoms with van der Waals surface area (Å²) in [6, 6.07) is 24.9. The van der Waals surface area contributed by atoms with Gasteiger partial charge < -0.3 is 25.2 Å². The molecule has 2 atom stereocenters. The molecule has 1 fully saturated rings. The zero-order valence-electron chi connectivity index (χ0n) is 29.3. The Labute approximate surface area is 286 Å². The summed E-state index contributed by atoms with van der Waals surface area (Å²) in [4.78, 5) is 45.6. The predicted molar refractivity (Wildman–Crippen MR) is 192 cm³/mol. The molecule has 1 heterocycles. The lowest BCUT2D eigenvalue weighted by Crippen LogP contribution is -2.54. The summed E-state index contributed by atoms with van der Waals surface area (Å²) in [5.41, 5.74) is 4.24. The molecule has 1 saturated heterocycles. The smallest absolute Gasteiger partial charge is 0.242 e. The van der Waals surface area contributed by atoms with E-state index < -0.39 is 12.1 Å². The third kappa shape index (κ3) is 11.4. The number of carbonyl (C=O) groups is 3. The highest BCUT2D eigenvalue weighted by Gasteiger charge is 2.29. The van der Waals surface area contributed by atoms with E-state index in [2.05, 4.69) is 58.5 Å². The number of amides is 3. The van der Waals surface area contributed by atoms with Gasteiger partial charge in [0.25, 0.3) is 0 Å². The first-order valence-corrected chi connectivity index (χ1v) is 17.2. The van der Waals surface area contributed by atoms with E-state index in [4.69, 9.17) is 4.74 Å². The van der Waals surface area contributed by atoms with E-state index in [-0.39, 0.29) is 23.6 Å². The van der Waals surface area contributed by atoms with Crippen molar-refractivity contribution in [1.82, 2.24) is 20.4 Å². The van der Waals surface area contributed by atoms with Gasteiger partial charge in [-0.2, -0.15) is 0 Å². The zero-order chi connectivity index (χ0) is 34.5. The van der Waals surface area contributed by atoms with Crippen LogP contribution in [0.25, 0.3) is 0 Å². The molecule has 48 heavy (non-hydrogen) atoms. The van der Waals surface area contributed by atoms with E-state index >= 15 is 0 Å². The van der Waals surface area contributed by atoms with E-state index in [0.29, 0.717) is 51.9 Å². The molecule has 2 N–H and O–H groups in total. The number of nitrogens with zero attached hydrogens (tertiary/aromatic N) is 3. The Morgan fingerprint density at radius 2 is 1.56 bits per heavy atom. The third-order valence-electron chi connectivity index (χ3n) is 8.73. The van der Waals surface area contributed by atoms with Crippen molar-refractivity contribution in [2.24, 2.45) is 5.92 Å². The Kier molecular flexibility index (Phi) is 13.9. The zero-order valence-corrected chi connectivity index (χ0v) is 29.3. The van der Waals surface area contributed by atoms with Crippen molar-refractivity contribution >= 4 is 23.4 Å². The quantitative estimate of drug-likeness (QED) is 0.187. The number of hydrogen-bond donors (Lipinski definition) is 2. The van der Waals surface area contributed by atoms with Crippen LogP contribution in [0, 0.1) is 5.92 Å². The summed E-state index contributed by atoms with van der Waals surface area (Å²) in [6.45, 7) is 7.12. The van der Waals surface area contributed by atoms with Gasteiger partial charge in [0.05, 0.1) is 6.04 Å². The molecule has 3 aromatic carbocycles. The molecule has 0 aromatic heterocycles. The molecule has 0 saturated carbocycles. The Bertz CT molecular complexity index is 1440. The summed E-state index contributed by atoms with van der Waals surface area (Å²) >= 11 is 0. The summed E-state index contributed by atoms with van der Waals surface area (Å²) < 4.78 is 5.96. The number of hydrogen-bond acceptors (Lipinski definition) is 6. The van der Waals surface area contributed by atoms with Crippen LogP contribution in [0.1, 0.15) is 56.2 Å². The van der Waals surface area contributed by atoms with Crippen LogP contribution in [-0.4, -0.2) is 80.4 Å². The fourth-order valence-electron chi connectivity index (χ4n) is 5.95. The molecule has 1 aliphatic heterocycles. The number of benzene rings is 3. The molecule has 4 rings (SSSR count). The average molecular weight is 656 g/mol. The fourth-order valence-corrected chi connectivity index (χ4v) is 5.95. The minimum Gasteiger partial charge on any atom is -0.489 e. The summed E-state index contributed by atoms with van der Waals surface area (Å²) in [7, 11) is 5.99. The van der Waals surface area contributed by atoms with Crippen LogP contribution in [0.5, 0.6) is 5.75 Å². The van der Waals surface area contributed by atoms with Gasteiger partial charge >= 0.3 is 0 Å². The van der Waals surface area contributed by atoms with Gasteiger partial charge in [0.15, 0.2) is 0 Å². The number of carbonyl (C=O) groups excluding carboxylic acids is 3. The van der Waals surface area contributed by atoms with Gasteiger partial charge in [0.1, 0.15) is 18.4 Å². The van der Waals surface area contributed by atoms with Crippen molar-refractivity contribution in [3.8, 4) is 5.75 Å². The van der Waals surface area contributed by atoms with Crippen molar-refractivity contribution in [1.29, 1.82) is 0 Å². The number of likely N-dealkylation sites (tertiary alicyclic amines) is 1. The van der Waals surface area contributed by atoms with E-state index in [1.807, 2.05) is 80.6 Å². The molecule has 0 radical (unpaired) electrons. The molecule has 0 spiro atoms. The van der Waals surface area contributed by atoms with E-state index in [0.717, 1.165) is 41.1 Å². The lowest BCUT2D eigenvalue weighted by Gasteiger charge is -2.30. The monoisotopic (exact) mass is 655 g/mol. The number of ether oxygens (including phenoxy) is 1. The second-order valence-corrected chi connectivity index (χ2v) is 13.4. The molecule has 258 valence electrons. The normalized spacial score (nSPS) is 14.2. The summed E-state index contributed by atoms with van der Waals surface area (Å²) in [6.07, 6.45) is 3.15. The van der Waals surface area contributed by atoms with Crippen LogP contribution >= 0.6 is 0 Å². The summed E-state index contributed by atoms with van der Waals surface area (Å²) in [5, 5.41) is 6.14. The number of likely N-dealkylation sites (N-methyl/N-ethyl adjacent to an activating group) is 1. The van der Waals surface area contributed by atoms with Gasteiger partial charge in [-0.3, -0.25) is 19.3 Å². The molecular formula is C39H53N5O4. The SMILES string of the molecule is CC(C)C[C@H](C(=O)N[C@@H](Cc1ccc(OCc2ccccc2)cc1)C(=O)NCCCN1CCCC1=O)N(C)Cc1ccc(N(C)C)cc1. The van der Waals surface area contributed by atoms with Crippen molar-refractivity contribution in [3.63, 3.8) is 0 Å². The lowest BCUT2D eigenvalue weighted by molar-refractivity contribution is -0.132. The molecule has 9 heteroatoms. The van der Waals surface area contributed by atoms with Crippen LogP contribution in [-0.2, 0) is 34.0 Å². The van der Waals surface area contributed by atoms with Crippen LogP contribution < -0.4 is 20.3 Å². The molecule has 3 aromatic rings. The van der Waals surface area contributed by atoms with Gasteiger partial charge in [-0.25, -0.2) is 0 Å². The van der Waals surface area contributed by atoms with Gasteiger partial charge in [-0.05, 0) is 73.2 Å². The van der Waals surface area contributed by atoms with Crippen molar-refractivity contribution in [2.45, 2.75) is 71.2 Å². The molecule has 3 amide bonds. The Morgan fingerprint density at radius 3 is 2.19 bits per heavy atom. The van der Waals surface area contributed by atoms with Crippen LogP contribution in [0.2, 0.25) is 0 Å². The van der Waals surface area contributed by atoms with Crippen molar-refractivity contribution in [2.75, 3.05) is 45.7 Å². The van der Waals surface area contributed by atoms with Crippen LogP contribution in [0.15, 0.2) is 78.9 Å². The highest BCUT2D eigenvalue weighted by Crippen LogP contribution is 2.19. The molecular weight excluding hydrogens is 602 g/mol. The molecule has 0 bridgehead atoms. The fraction of sp³-hybridized carbons (Fsp3) is 0.462. The molecule has 0 unspecified atom stereocenters. The molecule has 0 aliphatic carbocycles. The van der Waals surface area contributed by atoms with Gasteiger partial charge in [-0.1, -0.05) is 68.4 Å². The Balaban J connectivity index is 1.43. The molecule has 9 nitrogen and oxygen atoms in total. The van der Waals surface area contributed by atoms with Crippen LogP contribution in [0.3, 0.4) is 0 Å². The largest absolute Gasteiger partial charge is 0.489 e. The average Bonchev–Trinajstić information content (AvgIpc) is 3.49. The standard InChI is InChI=1S/C39H53N5O4/c1-29(2)25-36(43(5)27-31-14-18-33(19-15-31)42(3)4)39(47)41-35(38(46)40-22-10-24-44-23-9-13-37(44)45)26-30-16-20-34(21-17-30)48-28-32-11-7-6-8-12-32/h6-8,11-12,14-21,29,35-36H,9-10,13,22-28H2,1-5H3,(H,40,46)(H,41,47)/t35-,36+/m0/s1. The van der Waals surface area contributed by atoms with Crippen LogP contribution in [0.4, 0.5) is 5.69 Å². The lowest BCUT2D eigenvalue weighted by atomic mass is 9.99. The van der Waals surface area contributed by atoms with Gasteiger partial charge in [-0.15, -0.1) is 0 Å². The second kappa shape index (κ2) is 18.2. The summed E-state index contributed by atoms with van der Waals surface area (Å²) in [5.74, 6) is 0.800. The number of nitrogens with one attached hydrogen (secondary N) is 2. The second-order valence-electron chi connectivity index (χ2n) is 13.4. The minimum atomic E-state index is -0.760. The maximum absolute atomic E-state index is 14.0.